The zero-order chi connectivity index (χ0) is 20.3. The Hall–Kier alpha value is -1.92. The number of ether oxygens (including phenoxy) is 2. The van der Waals surface area contributed by atoms with Crippen molar-refractivity contribution in [1.82, 2.24) is 5.32 Å². The summed E-state index contributed by atoms with van der Waals surface area (Å²) in [6.45, 7) is 3.99. The van der Waals surface area contributed by atoms with E-state index in [2.05, 4.69) is 5.32 Å². The molecule has 7 heteroatoms. The van der Waals surface area contributed by atoms with Gasteiger partial charge in [-0.3, -0.25) is 4.79 Å². The molecule has 3 rings (SSSR count). The Morgan fingerprint density at radius 2 is 2.14 bits per heavy atom. The Kier molecular flexibility index (Phi) is 6.40. The second-order valence-corrected chi connectivity index (χ2v) is 8.74. The quantitative estimate of drug-likeness (QED) is 0.698. The molecule has 4 nitrogen and oxygen atoms in total. The molecule has 2 aromatic rings. The third-order valence-corrected chi connectivity index (χ3v) is 5.73. The lowest BCUT2D eigenvalue weighted by atomic mass is 9.89. The van der Waals surface area contributed by atoms with Crippen molar-refractivity contribution >= 4 is 29.3 Å². The van der Waals surface area contributed by atoms with Crippen LogP contribution >= 0.6 is 23.4 Å². The predicted molar refractivity (Wildman–Crippen MR) is 111 cm³/mol. The summed E-state index contributed by atoms with van der Waals surface area (Å²) in [4.78, 5) is 12.5. The van der Waals surface area contributed by atoms with Gasteiger partial charge in [0.05, 0.1) is 18.9 Å². The first-order valence-electron chi connectivity index (χ1n) is 8.95. The molecule has 150 valence electrons. The Balaban J connectivity index is 1.63. The number of fused-ring (bicyclic) bond motifs is 1. The number of rotatable bonds is 6. The highest BCUT2D eigenvalue weighted by Gasteiger charge is 2.34. The van der Waals surface area contributed by atoms with Crippen LogP contribution in [0.4, 0.5) is 4.39 Å². The number of carbonyl (C=O) groups is 1. The molecule has 0 radical (unpaired) electrons. The maximum Gasteiger partial charge on any atom is 0.230 e. The van der Waals surface area contributed by atoms with Gasteiger partial charge in [0, 0.05) is 22.8 Å². The number of methoxy groups -OCH3 is 1. The molecule has 1 atom stereocenters. The summed E-state index contributed by atoms with van der Waals surface area (Å²) < 4.78 is 25.2. The monoisotopic (exact) mass is 423 g/mol. The Morgan fingerprint density at radius 3 is 2.86 bits per heavy atom. The third-order valence-electron chi connectivity index (χ3n) is 4.52. The molecular weight excluding hydrogens is 401 g/mol. The molecule has 1 heterocycles. The number of carbonyl (C=O) groups excluding carboxylic acids is 1. The summed E-state index contributed by atoms with van der Waals surface area (Å²) >= 11 is 7.13. The van der Waals surface area contributed by atoms with Crippen molar-refractivity contribution in [1.29, 1.82) is 0 Å². The van der Waals surface area contributed by atoms with Crippen molar-refractivity contribution in [2.24, 2.45) is 0 Å². The number of thioether (sulfide) groups is 1. The van der Waals surface area contributed by atoms with Crippen LogP contribution in [-0.2, 0) is 10.5 Å². The molecule has 0 fully saturated rings. The molecule has 0 unspecified atom stereocenters. The van der Waals surface area contributed by atoms with E-state index >= 15 is 0 Å². The highest BCUT2D eigenvalue weighted by atomic mass is 35.5. The van der Waals surface area contributed by atoms with Crippen LogP contribution < -0.4 is 14.8 Å². The molecule has 0 saturated carbocycles. The van der Waals surface area contributed by atoms with E-state index in [0.717, 1.165) is 11.3 Å². The van der Waals surface area contributed by atoms with Gasteiger partial charge in [0.25, 0.3) is 0 Å². The SMILES string of the molecule is COc1ccc2c(c1)[C@@H](NC(=O)CSCc1ccc(Cl)cc1F)CC(C)(C)O2. The predicted octanol–water partition coefficient (Wildman–Crippen LogP) is 5.14. The van der Waals surface area contributed by atoms with Crippen LogP contribution in [0.25, 0.3) is 0 Å². The molecule has 0 saturated heterocycles. The number of halogens is 2. The van der Waals surface area contributed by atoms with Gasteiger partial charge in [0.2, 0.25) is 5.91 Å². The summed E-state index contributed by atoms with van der Waals surface area (Å²) in [6, 6.07) is 10.0. The second kappa shape index (κ2) is 8.62. The largest absolute Gasteiger partial charge is 0.497 e. The van der Waals surface area contributed by atoms with E-state index in [1.165, 1.54) is 17.8 Å². The normalized spacial score (nSPS) is 17.4. The van der Waals surface area contributed by atoms with Crippen molar-refractivity contribution < 1.29 is 18.7 Å². The van der Waals surface area contributed by atoms with Crippen molar-refractivity contribution in [3.63, 3.8) is 0 Å². The first kappa shape index (κ1) is 20.8. The molecule has 0 aliphatic carbocycles. The van der Waals surface area contributed by atoms with Crippen LogP contribution in [0.1, 0.15) is 37.4 Å². The van der Waals surface area contributed by atoms with E-state index in [0.29, 0.717) is 28.5 Å². The van der Waals surface area contributed by atoms with Gasteiger partial charge < -0.3 is 14.8 Å². The molecule has 0 bridgehead atoms. The van der Waals surface area contributed by atoms with E-state index in [1.54, 1.807) is 19.2 Å². The summed E-state index contributed by atoms with van der Waals surface area (Å²) in [5.74, 6) is 1.65. The Morgan fingerprint density at radius 1 is 1.36 bits per heavy atom. The molecule has 1 N–H and O–H groups in total. The number of benzene rings is 2. The van der Waals surface area contributed by atoms with Gasteiger partial charge in [-0.1, -0.05) is 17.7 Å². The fourth-order valence-corrected chi connectivity index (χ4v) is 4.20. The second-order valence-electron chi connectivity index (χ2n) is 7.32. The fourth-order valence-electron chi connectivity index (χ4n) is 3.22. The molecule has 0 aromatic heterocycles. The number of hydrogen-bond donors (Lipinski definition) is 1. The zero-order valence-electron chi connectivity index (χ0n) is 16.1. The van der Waals surface area contributed by atoms with Crippen molar-refractivity contribution in [3.8, 4) is 11.5 Å². The minimum absolute atomic E-state index is 0.101. The maximum absolute atomic E-state index is 13.8. The number of hydrogen-bond acceptors (Lipinski definition) is 4. The van der Waals surface area contributed by atoms with E-state index in [9.17, 15) is 9.18 Å². The summed E-state index contributed by atoms with van der Waals surface area (Å²) in [5.41, 5.74) is 1.05. The van der Waals surface area contributed by atoms with Gasteiger partial charge in [-0.05, 0) is 49.7 Å². The minimum atomic E-state index is -0.390. The Labute approximate surface area is 173 Å². The number of amides is 1. The van der Waals surface area contributed by atoms with Gasteiger partial charge >= 0.3 is 0 Å². The van der Waals surface area contributed by atoms with Crippen LogP contribution in [0.3, 0.4) is 0 Å². The van der Waals surface area contributed by atoms with Gasteiger partial charge in [0.15, 0.2) is 0 Å². The molecular formula is C21H23ClFNO3S. The van der Waals surface area contributed by atoms with Crippen molar-refractivity contribution in [3.05, 3.63) is 58.4 Å². The summed E-state index contributed by atoms with van der Waals surface area (Å²) in [7, 11) is 1.61. The van der Waals surface area contributed by atoms with E-state index in [4.69, 9.17) is 21.1 Å². The number of nitrogens with one attached hydrogen (secondary N) is 1. The zero-order valence-corrected chi connectivity index (χ0v) is 17.6. The van der Waals surface area contributed by atoms with Crippen molar-refractivity contribution in [2.45, 2.75) is 37.7 Å². The summed E-state index contributed by atoms with van der Waals surface area (Å²) in [6.07, 6.45) is 0.648. The van der Waals surface area contributed by atoms with Crippen LogP contribution in [0.5, 0.6) is 11.5 Å². The van der Waals surface area contributed by atoms with Crippen molar-refractivity contribution in [2.75, 3.05) is 12.9 Å². The molecule has 1 amide bonds. The molecule has 2 aromatic carbocycles. The molecule has 0 spiro atoms. The van der Waals surface area contributed by atoms with Crippen LogP contribution in [0, 0.1) is 5.82 Å². The van der Waals surface area contributed by atoms with Crippen LogP contribution in [0.15, 0.2) is 36.4 Å². The average Bonchev–Trinajstić information content (AvgIpc) is 2.62. The maximum atomic E-state index is 13.8. The average molecular weight is 424 g/mol. The van der Waals surface area contributed by atoms with E-state index in [1.807, 2.05) is 32.0 Å². The topological polar surface area (TPSA) is 47.6 Å². The van der Waals surface area contributed by atoms with Crippen LogP contribution in [0.2, 0.25) is 5.02 Å². The van der Waals surface area contributed by atoms with Gasteiger partial charge in [0.1, 0.15) is 22.9 Å². The van der Waals surface area contributed by atoms with Gasteiger partial charge in [-0.15, -0.1) is 11.8 Å². The lowest BCUT2D eigenvalue weighted by Gasteiger charge is -2.38. The lowest BCUT2D eigenvalue weighted by Crippen LogP contribution is -2.41. The van der Waals surface area contributed by atoms with Crippen LogP contribution in [-0.4, -0.2) is 24.4 Å². The van der Waals surface area contributed by atoms with Gasteiger partial charge in [-0.25, -0.2) is 4.39 Å². The first-order valence-corrected chi connectivity index (χ1v) is 10.5. The van der Waals surface area contributed by atoms with E-state index < -0.39 is 0 Å². The molecule has 1 aliphatic heterocycles. The molecule has 28 heavy (non-hydrogen) atoms. The van der Waals surface area contributed by atoms with E-state index in [-0.39, 0.29) is 29.1 Å². The lowest BCUT2D eigenvalue weighted by molar-refractivity contribution is -0.119. The molecule has 1 aliphatic rings. The summed E-state index contributed by atoms with van der Waals surface area (Å²) in [5, 5.41) is 3.44. The smallest absolute Gasteiger partial charge is 0.230 e. The fraction of sp³-hybridized carbons (Fsp3) is 0.381. The van der Waals surface area contributed by atoms with Gasteiger partial charge in [-0.2, -0.15) is 0 Å². The first-order chi connectivity index (χ1) is 13.3. The third kappa shape index (κ3) is 5.11. The highest BCUT2D eigenvalue weighted by molar-refractivity contribution is 7.99. The standard InChI is InChI=1S/C21H23ClFNO3S/c1-21(2)10-18(16-9-15(26-3)6-7-19(16)27-21)24-20(25)12-28-11-13-4-5-14(22)8-17(13)23/h4-9,18H,10-12H2,1-3H3,(H,24,25)/t18-/m0/s1. The minimum Gasteiger partial charge on any atom is -0.497 e. The highest BCUT2D eigenvalue weighted by Crippen LogP contribution is 2.41. The Bertz CT molecular complexity index is 875.